The van der Waals surface area contributed by atoms with E-state index in [2.05, 4.69) is 0 Å². The maximum atomic E-state index is 12.2. The predicted octanol–water partition coefficient (Wildman–Crippen LogP) is 1.69. The molecule has 0 saturated carbocycles. The molecule has 0 aromatic heterocycles. The lowest BCUT2D eigenvalue weighted by molar-refractivity contribution is -0.137. The minimum Gasteiger partial charge on any atom is -0.385 e. The summed E-state index contributed by atoms with van der Waals surface area (Å²) < 4.78 is 36.7. The third-order valence-electron chi connectivity index (χ3n) is 2.30. The average molecular weight is 248 g/mol. The van der Waals surface area contributed by atoms with Crippen LogP contribution in [0.1, 0.15) is 24.2 Å². The van der Waals surface area contributed by atoms with E-state index >= 15 is 0 Å². The molecule has 2 atom stereocenters. The standard InChI is InChI=1S/C11H11F3O3/c1-6(15)9(16)10(17)7-2-4-8(5-3-7)11(12,13)14/h2-5,9-10,16-17H,1H3/t9-,10-/m0/s1. The Morgan fingerprint density at radius 3 is 2.00 bits per heavy atom. The summed E-state index contributed by atoms with van der Waals surface area (Å²) in [6, 6.07) is 3.62. The van der Waals surface area contributed by atoms with Gasteiger partial charge in [0.2, 0.25) is 0 Å². The van der Waals surface area contributed by atoms with Crippen LogP contribution in [0.5, 0.6) is 0 Å². The Labute approximate surface area is 95.5 Å². The van der Waals surface area contributed by atoms with E-state index in [0.717, 1.165) is 31.2 Å². The SMILES string of the molecule is CC(=O)[C@H](O)[C@@H](O)c1ccc(C(F)(F)F)cc1. The van der Waals surface area contributed by atoms with E-state index in [9.17, 15) is 28.2 Å². The molecule has 1 rings (SSSR count). The van der Waals surface area contributed by atoms with Gasteiger partial charge >= 0.3 is 6.18 Å². The summed E-state index contributed by atoms with van der Waals surface area (Å²) >= 11 is 0. The Bertz CT molecular complexity index is 397. The molecule has 0 unspecified atom stereocenters. The van der Waals surface area contributed by atoms with Crippen LogP contribution in [-0.2, 0) is 11.0 Å². The van der Waals surface area contributed by atoms with Crippen LogP contribution >= 0.6 is 0 Å². The highest BCUT2D eigenvalue weighted by molar-refractivity contribution is 5.80. The summed E-state index contributed by atoms with van der Waals surface area (Å²) in [5.41, 5.74) is -0.800. The molecule has 0 aliphatic carbocycles. The molecule has 0 aliphatic rings. The van der Waals surface area contributed by atoms with Gasteiger partial charge in [-0.25, -0.2) is 0 Å². The van der Waals surface area contributed by atoms with Crippen LogP contribution in [0.25, 0.3) is 0 Å². The number of rotatable bonds is 3. The second-order valence-corrected chi connectivity index (χ2v) is 3.62. The number of aliphatic hydroxyl groups excluding tert-OH is 2. The highest BCUT2D eigenvalue weighted by atomic mass is 19.4. The zero-order valence-electron chi connectivity index (χ0n) is 8.90. The lowest BCUT2D eigenvalue weighted by atomic mass is 10.0. The van der Waals surface area contributed by atoms with E-state index < -0.39 is 29.7 Å². The molecule has 0 amide bonds. The topological polar surface area (TPSA) is 57.5 Å². The molecule has 6 heteroatoms. The van der Waals surface area contributed by atoms with Crippen LogP contribution in [0.4, 0.5) is 13.2 Å². The molecule has 0 fully saturated rings. The summed E-state index contributed by atoms with van der Waals surface area (Å²) in [4.78, 5) is 10.8. The largest absolute Gasteiger partial charge is 0.416 e. The van der Waals surface area contributed by atoms with Crippen molar-refractivity contribution in [1.29, 1.82) is 0 Å². The van der Waals surface area contributed by atoms with E-state index in [-0.39, 0.29) is 5.56 Å². The van der Waals surface area contributed by atoms with Gasteiger partial charge in [-0.3, -0.25) is 4.79 Å². The van der Waals surface area contributed by atoms with Crippen LogP contribution in [0.3, 0.4) is 0 Å². The van der Waals surface area contributed by atoms with Gasteiger partial charge in [-0.2, -0.15) is 13.2 Å². The molecule has 0 radical (unpaired) electrons. The lowest BCUT2D eigenvalue weighted by Gasteiger charge is -2.16. The third-order valence-corrected chi connectivity index (χ3v) is 2.30. The Morgan fingerprint density at radius 2 is 1.65 bits per heavy atom. The number of aliphatic hydroxyl groups is 2. The van der Waals surface area contributed by atoms with E-state index in [4.69, 9.17) is 0 Å². The zero-order valence-corrected chi connectivity index (χ0v) is 8.90. The van der Waals surface area contributed by atoms with Crippen LogP contribution in [0, 0.1) is 0 Å². The third kappa shape index (κ3) is 3.28. The fraction of sp³-hybridized carbons (Fsp3) is 0.364. The Hall–Kier alpha value is -1.40. The van der Waals surface area contributed by atoms with Gasteiger partial charge < -0.3 is 10.2 Å². The molecule has 3 nitrogen and oxygen atoms in total. The molecular weight excluding hydrogens is 237 g/mol. The van der Waals surface area contributed by atoms with Gasteiger partial charge in [0.05, 0.1) is 5.56 Å². The minimum absolute atomic E-state index is 0.0562. The van der Waals surface area contributed by atoms with Crippen molar-refractivity contribution in [3.05, 3.63) is 35.4 Å². The second kappa shape index (κ2) is 4.85. The molecule has 0 heterocycles. The van der Waals surface area contributed by atoms with Crippen molar-refractivity contribution in [2.24, 2.45) is 0 Å². The summed E-state index contributed by atoms with van der Waals surface area (Å²) in [5.74, 6) is -0.655. The maximum absolute atomic E-state index is 12.2. The smallest absolute Gasteiger partial charge is 0.385 e. The van der Waals surface area contributed by atoms with Crippen molar-refractivity contribution in [3.8, 4) is 0 Å². The van der Waals surface area contributed by atoms with Crippen molar-refractivity contribution < 1.29 is 28.2 Å². The van der Waals surface area contributed by atoms with Crippen LogP contribution in [-0.4, -0.2) is 22.1 Å². The average Bonchev–Trinajstić information content (AvgIpc) is 2.26. The lowest BCUT2D eigenvalue weighted by Crippen LogP contribution is -2.25. The van der Waals surface area contributed by atoms with Gasteiger partial charge in [0.15, 0.2) is 5.78 Å². The maximum Gasteiger partial charge on any atom is 0.416 e. The van der Waals surface area contributed by atoms with Gasteiger partial charge in [0, 0.05) is 0 Å². The van der Waals surface area contributed by atoms with Crippen molar-refractivity contribution in [1.82, 2.24) is 0 Å². The monoisotopic (exact) mass is 248 g/mol. The zero-order chi connectivity index (χ0) is 13.2. The fourth-order valence-corrected chi connectivity index (χ4v) is 1.27. The van der Waals surface area contributed by atoms with Gasteiger partial charge in [-0.15, -0.1) is 0 Å². The van der Waals surface area contributed by atoms with Crippen molar-refractivity contribution in [3.63, 3.8) is 0 Å². The number of benzene rings is 1. The Morgan fingerprint density at radius 1 is 1.18 bits per heavy atom. The number of Topliss-reactive ketones (excluding diaryl/α,β-unsaturated/α-hetero) is 1. The molecule has 1 aromatic carbocycles. The molecule has 0 saturated heterocycles. The van der Waals surface area contributed by atoms with Gasteiger partial charge in [-0.1, -0.05) is 12.1 Å². The number of ketones is 1. The quantitative estimate of drug-likeness (QED) is 0.855. The first kappa shape index (κ1) is 13.7. The summed E-state index contributed by atoms with van der Waals surface area (Å²) in [5, 5.41) is 18.8. The van der Waals surface area contributed by atoms with Crippen LogP contribution < -0.4 is 0 Å². The summed E-state index contributed by atoms with van der Waals surface area (Å²) in [7, 11) is 0. The molecule has 17 heavy (non-hydrogen) atoms. The fourth-order valence-electron chi connectivity index (χ4n) is 1.27. The molecule has 0 aliphatic heterocycles. The highest BCUT2D eigenvalue weighted by Crippen LogP contribution is 2.30. The van der Waals surface area contributed by atoms with Crippen molar-refractivity contribution >= 4 is 5.78 Å². The number of alkyl halides is 3. The Kier molecular flexibility index (Phi) is 3.90. The molecule has 2 N–H and O–H groups in total. The van der Waals surface area contributed by atoms with Crippen molar-refractivity contribution in [2.45, 2.75) is 25.3 Å². The van der Waals surface area contributed by atoms with E-state index in [1.807, 2.05) is 0 Å². The van der Waals surface area contributed by atoms with Crippen molar-refractivity contribution in [2.75, 3.05) is 0 Å². The van der Waals surface area contributed by atoms with Crippen LogP contribution in [0.15, 0.2) is 24.3 Å². The molecular formula is C11H11F3O3. The minimum atomic E-state index is -4.46. The van der Waals surface area contributed by atoms with Gasteiger partial charge in [0.25, 0.3) is 0 Å². The molecule has 94 valence electrons. The number of hydrogen-bond donors (Lipinski definition) is 2. The normalized spacial score (nSPS) is 15.4. The molecule has 0 spiro atoms. The number of halogens is 3. The second-order valence-electron chi connectivity index (χ2n) is 3.62. The number of carbonyl (C=O) groups excluding carboxylic acids is 1. The first-order chi connectivity index (χ1) is 7.73. The predicted molar refractivity (Wildman–Crippen MR) is 53.1 cm³/mol. The summed E-state index contributed by atoms with van der Waals surface area (Å²) in [6.45, 7) is 1.08. The summed E-state index contributed by atoms with van der Waals surface area (Å²) in [6.07, 6.45) is -7.61. The molecule has 0 bridgehead atoms. The highest BCUT2D eigenvalue weighted by Gasteiger charge is 2.30. The van der Waals surface area contributed by atoms with E-state index in [1.165, 1.54) is 0 Å². The van der Waals surface area contributed by atoms with E-state index in [1.54, 1.807) is 0 Å². The van der Waals surface area contributed by atoms with E-state index in [0.29, 0.717) is 0 Å². The first-order valence-electron chi connectivity index (χ1n) is 4.77. The number of carbonyl (C=O) groups is 1. The van der Waals surface area contributed by atoms with Gasteiger partial charge in [0.1, 0.15) is 12.2 Å². The van der Waals surface area contributed by atoms with Crippen LogP contribution in [0.2, 0.25) is 0 Å². The Balaban J connectivity index is 2.92. The number of hydrogen-bond acceptors (Lipinski definition) is 3. The molecule has 1 aromatic rings. The van der Waals surface area contributed by atoms with Gasteiger partial charge in [-0.05, 0) is 24.6 Å². The first-order valence-corrected chi connectivity index (χ1v) is 4.77.